The average molecular weight is 280 g/mol. The number of ether oxygens (including phenoxy) is 1. The molecule has 20 heavy (non-hydrogen) atoms. The van der Waals surface area contributed by atoms with Gasteiger partial charge in [0.25, 0.3) is 5.91 Å². The molecule has 0 aliphatic carbocycles. The molecule has 110 valence electrons. The maximum absolute atomic E-state index is 12.2. The van der Waals surface area contributed by atoms with E-state index < -0.39 is 12.1 Å². The van der Waals surface area contributed by atoms with E-state index in [1.165, 1.54) is 7.05 Å². The molecule has 0 radical (unpaired) electrons. The van der Waals surface area contributed by atoms with Crippen LogP contribution in [0.2, 0.25) is 0 Å². The SMILES string of the molecule is CNC(=O)NC(=O)[C@H]([NH2+][C@H](C)COC)c1ccccc1. The molecule has 6 nitrogen and oxygen atoms in total. The standard InChI is InChI=1S/C14H21N3O3/c1-10(9-20-3)16-12(11-7-5-4-6-8-11)13(18)17-14(19)15-2/h4-8,10,12,16H,9H2,1-3H3,(H2,15,17,18,19)/p+1/t10-,12-/m1/s1. The van der Waals surface area contributed by atoms with Crippen LogP contribution in [0.3, 0.4) is 0 Å². The molecule has 0 aromatic heterocycles. The van der Waals surface area contributed by atoms with Gasteiger partial charge in [-0.25, -0.2) is 4.79 Å². The highest BCUT2D eigenvalue weighted by Crippen LogP contribution is 2.08. The summed E-state index contributed by atoms with van der Waals surface area (Å²) in [6, 6.07) is 8.45. The smallest absolute Gasteiger partial charge is 0.321 e. The summed E-state index contributed by atoms with van der Waals surface area (Å²) in [7, 11) is 3.09. The predicted molar refractivity (Wildman–Crippen MR) is 75.0 cm³/mol. The molecule has 1 rings (SSSR count). The molecular formula is C14H22N3O3+. The number of quaternary nitrogens is 1. The number of amides is 3. The topological polar surface area (TPSA) is 84.0 Å². The Morgan fingerprint density at radius 3 is 2.50 bits per heavy atom. The molecule has 0 bridgehead atoms. The first-order valence-corrected chi connectivity index (χ1v) is 6.50. The quantitative estimate of drug-likeness (QED) is 0.673. The number of carbonyl (C=O) groups excluding carboxylic acids is 2. The molecule has 0 fully saturated rings. The lowest BCUT2D eigenvalue weighted by atomic mass is 10.1. The summed E-state index contributed by atoms with van der Waals surface area (Å²) in [6.07, 6.45) is 0. The van der Waals surface area contributed by atoms with E-state index in [1.807, 2.05) is 42.6 Å². The van der Waals surface area contributed by atoms with E-state index in [-0.39, 0.29) is 11.9 Å². The number of hydrogen-bond donors (Lipinski definition) is 3. The lowest BCUT2D eigenvalue weighted by Crippen LogP contribution is -2.93. The second-order valence-electron chi connectivity index (χ2n) is 4.58. The second kappa shape index (κ2) is 8.29. The number of methoxy groups -OCH3 is 1. The van der Waals surface area contributed by atoms with Crippen molar-refractivity contribution >= 4 is 11.9 Å². The average Bonchev–Trinajstić information content (AvgIpc) is 2.45. The fourth-order valence-corrected chi connectivity index (χ4v) is 1.91. The number of hydrogen-bond acceptors (Lipinski definition) is 3. The van der Waals surface area contributed by atoms with Crippen LogP contribution >= 0.6 is 0 Å². The summed E-state index contributed by atoms with van der Waals surface area (Å²) in [6.45, 7) is 2.49. The maximum Gasteiger partial charge on any atom is 0.321 e. The fourth-order valence-electron chi connectivity index (χ4n) is 1.91. The van der Waals surface area contributed by atoms with Crippen molar-refractivity contribution in [2.24, 2.45) is 0 Å². The molecule has 2 atom stereocenters. The van der Waals surface area contributed by atoms with Crippen molar-refractivity contribution in [3.05, 3.63) is 35.9 Å². The Kier molecular flexibility index (Phi) is 6.69. The highest BCUT2D eigenvalue weighted by atomic mass is 16.5. The normalized spacial score (nSPS) is 13.3. The van der Waals surface area contributed by atoms with Crippen LogP contribution in [0.1, 0.15) is 18.5 Å². The van der Waals surface area contributed by atoms with Gasteiger partial charge in [0.2, 0.25) is 0 Å². The van der Waals surface area contributed by atoms with Crippen molar-refractivity contribution in [1.29, 1.82) is 0 Å². The minimum Gasteiger partial charge on any atom is -0.379 e. The first-order valence-electron chi connectivity index (χ1n) is 6.50. The zero-order valence-electron chi connectivity index (χ0n) is 12.1. The van der Waals surface area contributed by atoms with E-state index in [0.717, 1.165) is 5.56 Å². The van der Waals surface area contributed by atoms with Gasteiger partial charge in [-0.05, 0) is 6.92 Å². The number of nitrogens with one attached hydrogen (secondary N) is 2. The Morgan fingerprint density at radius 1 is 1.30 bits per heavy atom. The Bertz CT molecular complexity index is 437. The molecule has 4 N–H and O–H groups in total. The van der Waals surface area contributed by atoms with E-state index in [2.05, 4.69) is 10.6 Å². The van der Waals surface area contributed by atoms with Crippen molar-refractivity contribution < 1.29 is 19.6 Å². The van der Waals surface area contributed by atoms with Crippen molar-refractivity contribution in [3.63, 3.8) is 0 Å². The van der Waals surface area contributed by atoms with E-state index in [9.17, 15) is 9.59 Å². The van der Waals surface area contributed by atoms with Crippen LogP contribution in [0.25, 0.3) is 0 Å². The number of rotatable bonds is 6. The third-order valence-electron chi connectivity index (χ3n) is 2.86. The molecule has 3 amide bonds. The van der Waals surface area contributed by atoms with Crippen LogP contribution in [0.4, 0.5) is 4.79 Å². The first kappa shape index (κ1) is 16.1. The van der Waals surface area contributed by atoms with Crippen LogP contribution in [0.5, 0.6) is 0 Å². The summed E-state index contributed by atoms with van der Waals surface area (Å²) >= 11 is 0. The van der Waals surface area contributed by atoms with E-state index in [4.69, 9.17) is 4.74 Å². The van der Waals surface area contributed by atoms with Gasteiger partial charge >= 0.3 is 6.03 Å². The molecule has 0 aliphatic heterocycles. The van der Waals surface area contributed by atoms with Crippen molar-refractivity contribution in [1.82, 2.24) is 10.6 Å². The molecule has 1 aromatic carbocycles. The van der Waals surface area contributed by atoms with E-state index in [1.54, 1.807) is 7.11 Å². The van der Waals surface area contributed by atoms with Crippen molar-refractivity contribution in [3.8, 4) is 0 Å². The molecule has 0 heterocycles. The van der Waals surface area contributed by atoms with Gasteiger partial charge in [-0.3, -0.25) is 10.1 Å². The lowest BCUT2D eigenvalue weighted by Gasteiger charge is -2.19. The highest BCUT2D eigenvalue weighted by molar-refractivity contribution is 5.96. The van der Waals surface area contributed by atoms with Gasteiger partial charge in [-0.2, -0.15) is 0 Å². The summed E-state index contributed by atoms with van der Waals surface area (Å²) < 4.78 is 5.08. The molecule has 0 unspecified atom stereocenters. The number of imide groups is 1. The molecule has 0 saturated heterocycles. The minimum atomic E-state index is -0.510. The van der Waals surface area contributed by atoms with Crippen molar-refractivity contribution in [2.45, 2.75) is 19.0 Å². The number of benzene rings is 1. The fraction of sp³-hybridized carbons (Fsp3) is 0.429. The third-order valence-corrected chi connectivity index (χ3v) is 2.86. The van der Waals surface area contributed by atoms with Gasteiger partial charge in [0.15, 0.2) is 6.04 Å². The Labute approximate surface area is 118 Å². The third kappa shape index (κ3) is 4.99. The van der Waals surface area contributed by atoms with Gasteiger partial charge < -0.3 is 15.4 Å². The summed E-state index contributed by atoms with van der Waals surface area (Å²) in [5.41, 5.74) is 0.844. The van der Waals surface area contributed by atoms with E-state index >= 15 is 0 Å². The van der Waals surface area contributed by atoms with Gasteiger partial charge in [0, 0.05) is 19.7 Å². The summed E-state index contributed by atoms with van der Waals surface area (Å²) in [4.78, 5) is 23.5. The molecule has 1 aromatic rings. The predicted octanol–water partition coefficient (Wildman–Crippen LogP) is -0.218. The first-order chi connectivity index (χ1) is 9.58. The molecular weight excluding hydrogens is 258 g/mol. The van der Waals surface area contributed by atoms with E-state index in [0.29, 0.717) is 6.61 Å². The summed E-state index contributed by atoms with van der Waals surface area (Å²) in [5.74, 6) is -0.349. The molecule has 0 spiro atoms. The zero-order valence-corrected chi connectivity index (χ0v) is 12.1. The monoisotopic (exact) mass is 280 g/mol. The Morgan fingerprint density at radius 2 is 1.95 bits per heavy atom. The maximum atomic E-state index is 12.2. The zero-order chi connectivity index (χ0) is 15.0. The number of nitrogens with two attached hydrogens (primary N) is 1. The van der Waals surface area contributed by atoms with Crippen LogP contribution in [0, 0.1) is 0 Å². The van der Waals surface area contributed by atoms with Crippen LogP contribution in [-0.2, 0) is 9.53 Å². The molecule has 0 aliphatic rings. The Hall–Kier alpha value is -1.92. The number of urea groups is 1. The van der Waals surface area contributed by atoms with Gasteiger partial charge in [-0.15, -0.1) is 0 Å². The minimum absolute atomic E-state index is 0.0978. The Balaban J connectivity index is 2.84. The second-order valence-corrected chi connectivity index (χ2v) is 4.58. The van der Waals surface area contributed by atoms with Gasteiger partial charge in [0.05, 0.1) is 6.61 Å². The van der Waals surface area contributed by atoms with Crippen LogP contribution in [-0.4, -0.2) is 38.7 Å². The van der Waals surface area contributed by atoms with Gasteiger partial charge in [-0.1, -0.05) is 30.3 Å². The van der Waals surface area contributed by atoms with Crippen LogP contribution < -0.4 is 16.0 Å². The summed E-state index contributed by atoms with van der Waals surface area (Å²) in [5, 5.41) is 6.57. The molecule has 0 saturated carbocycles. The number of carbonyl (C=O) groups is 2. The highest BCUT2D eigenvalue weighted by Gasteiger charge is 2.27. The van der Waals surface area contributed by atoms with Crippen molar-refractivity contribution in [2.75, 3.05) is 20.8 Å². The lowest BCUT2D eigenvalue weighted by molar-refractivity contribution is -0.714. The van der Waals surface area contributed by atoms with Crippen LogP contribution in [0.15, 0.2) is 30.3 Å². The van der Waals surface area contributed by atoms with Gasteiger partial charge in [0.1, 0.15) is 6.04 Å². The largest absolute Gasteiger partial charge is 0.379 e. The molecule has 6 heteroatoms.